The van der Waals surface area contributed by atoms with Gasteiger partial charge in [0.15, 0.2) is 0 Å². The highest BCUT2D eigenvalue weighted by Crippen LogP contribution is 2.41. The van der Waals surface area contributed by atoms with Crippen LogP contribution in [0, 0.1) is 0 Å². The Hall–Kier alpha value is -2.02. The van der Waals surface area contributed by atoms with Crippen LogP contribution in [0.1, 0.15) is 22.7 Å². The molecule has 5 rings (SSSR count). The van der Waals surface area contributed by atoms with Crippen molar-refractivity contribution in [2.45, 2.75) is 25.8 Å². The normalized spacial score (nSPS) is 17.5. The number of morpholine rings is 1. The summed E-state index contributed by atoms with van der Waals surface area (Å²) in [7, 11) is 0. The molecule has 2 aliphatic rings. The summed E-state index contributed by atoms with van der Waals surface area (Å²) in [5, 5.41) is 1.12. The number of benzene rings is 1. The van der Waals surface area contributed by atoms with Gasteiger partial charge in [0, 0.05) is 18.0 Å². The van der Waals surface area contributed by atoms with Crippen molar-refractivity contribution in [3.63, 3.8) is 0 Å². The molecule has 26 heavy (non-hydrogen) atoms. The highest BCUT2D eigenvalue weighted by Gasteiger charge is 2.24. The van der Waals surface area contributed by atoms with E-state index in [-0.39, 0.29) is 0 Å². The van der Waals surface area contributed by atoms with Gasteiger partial charge in [0.1, 0.15) is 16.4 Å². The largest absolute Gasteiger partial charge is 0.438 e. The maximum absolute atomic E-state index is 6.22. The molecule has 0 atom stereocenters. The Kier molecular flexibility index (Phi) is 4.32. The lowest BCUT2D eigenvalue weighted by molar-refractivity contribution is 0.0330. The monoisotopic (exact) mass is 367 g/mol. The van der Waals surface area contributed by atoms with Gasteiger partial charge in [-0.2, -0.15) is 4.98 Å². The Bertz CT molecular complexity index is 920. The van der Waals surface area contributed by atoms with Crippen LogP contribution in [-0.2, 0) is 24.1 Å². The van der Waals surface area contributed by atoms with Gasteiger partial charge in [0.25, 0.3) is 0 Å². The second-order valence-corrected chi connectivity index (χ2v) is 7.87. The number of para-hydroxylation sites is 1. The molecule has 1 fully saturated rings. The molecule has 0 saturated carbocycles. The quantitative estimate of drug-likeness (QED) is 0.702. The lowest BCUT2D eigenvalue weighted by Gasteiger charge is -2.25. The predicted molar refractivity (Wildman–Crippen MR) is 102 cm³/mol. The number of hydrogen-bond donors (Lipinski definition) is 0. The van der Waals surface area contributed by atoms with E-state index in [1.807, 2.05) is 41.7 Å². The second kappa shape index (κ2) is 6.95. The maximum atomic E-state index is 6.22. The molecule has 0 unspecified atom stereocenters. The number of rotatable bonds is 4. The number of aryl methyl sites for hydroxylation is 2. The minimum Gasteiger partial charge on any atom is -0.438 e. The zero-order valence-corrected chi connectivity index (χ0v) is 15.4. The van der Waals surface area contributed by atoms with Gasteiger partial charge < -0.3 is 9.47 Å². The van der Waals surface area contributed by atoms with E-state index >= 15 is 0 Å². The van der Waals surface area contributed by atoms with Gasteiger partial charge >= 0.3 is 0 Å². The van der Waals surface area contributed by atoms with Crippen LogP contribution in [0.15, 0.2) is 30.3 Å². The highest BCUT2D eigenvalue weighted by molar-refractivity contribution is 7.19. The second-order valence-electron chi connectivity index (χ2n) is 6.79. The van der Waals surface area contributed by atoms with Crippen molar-refractivity contribution in [2.75, 3.05) is 26.3 Å². The topological polar surface area (TPSA) is 47.5 Å². The number of hydrogen-bond acceptors (Lipinski definition) is 6. The standard InChI is InChI=1S/C20H21N3O2S/c1-2-5-14(6-3-1)25-19-18-15-7-4-8-16(15)26-20(18)22-17(21-19)13-23-9-11-24-12-10-23/h1-3,5-6H,4,7-13H2. The van der Waals surface area contributed by atoms with Gasteiger partial charge in [-0.25, -0.2) is 4.98 Å². The summed E-state index contributed by atoms with van der Waals surface area (Å²) in [6, 6.07) is 9.92. The third kappa shape index (κ3) is 3.09. The van der Waals surface area contributed by atoms with Gasteiger partial charge in [-0.15, -0.1) is 11.3 Å². The SMILES string of the molecule is c1ccc(Oc2nc(CN3CCOCC3)nc3sc4c(c23)CCC4)cc1. The van der Waals surface area contributed by atoms with E-state index in [1.165, 1.54) is 16.9 Å². The first-order chi connectivity index (χ1) is 12.9. The molecule has 2 aromatic heterocycles. The molecule has 5 nitrogen and oxygen atoms in total. The fraction of sp³-hybridized carbons (Fsp3) is 0.400. The summed E-state index contributed by atoms with van der Waals surface area (Å²) in [6.07, 6.45) is 3.48. The highest BCUT2D eigenvalue weighted by atomic mass is 32.1. The van der Waals surface area contributed by atoms with Crippen molar-refractivity contribution in [1.82, 2.24) is 14.9 Å². The third-order valence-corrected chi connectivity index (χ3v) is 6.19. The lowest BCUT2D eigenvalue weighted by atomic mass is 10.2. The van der Waals surface area contributed by atoms with Crippen molar-refractivity contribution < 1.29 is 9.47 Å². The van der Waals surface area contributed by atoms with Crippen LogP contribution in [0.3, 0.4) is 0 Å². The molecule has 1 aliphatic heterocycles. The molecule has 1 aliphatic carbocycles. The molecule has 3 heterocycles. The van der Waals surface area contributed by atoms with Crippen LogP contribution in [0.5, 0.6) is 11.6 Å². The lowest BCUT2D eigenvalue weighted by Crippen LogP contribution is -2.36. The first kappa shape index (κ1) is 16.2. The van der Waals surface area contributed by atoms with Gasteiger partial charge in [-0.05, 0) is 37.0 Å². The summed E-state index contributed by atoms with van der Waals surface area (Å²) in [4.78, 5) is 14.6. The van der Waals surface area contributed by atoms with Crippen LogP contribution in [0.2, 0.25) is 0 Å². The average Bonchev–Trinajstić information content (AvgIpc) is 3.24. The van der Waals surface area contributed by atoms with Crippen LogP contribution >= 0.6 is 11.3 Å². The molecule has 0 spiro atoms. The first-order valence-corrected chi connectivity index (χ1v) is 10.0. The molecule has 0 bridgehead atoms. The minimum atomic E-state index is 0.712. The van der Waals surface area contributed by atoms with Crippen LogP contribution in [0.25, 0.3) is 10.2 Å². The third-order valence-electron chi connectivity index (χ3n) is 5.00. The molecule has 0 N–H and O–H groups in total. The molecule has 3 aromatic rings. The smallest absolute Gasteiger partial charge is 0.231 e. The Morgan fingerprint density at radius 2 is 1.92 bits per heavy atom. The zero-order chi connectivity index (χ0) is 17.3. The number of nitrogens with zero attached hydrogens (tertiary/aromatic N) is 3. The number of fused-ring (bicyclic) bond motifs is 3. The minimum absolute atomic E-state index is 0.712. The van der Waals surface area contributed by atoms with Crippen molar-refractivity contribution in [1.29, 1.82) is 0 Å². The van der Waals surface area contributed by atoms with Gasteiger partial charge in [0.2, 0.25) is 5.88 Å². The Labute approximate surface area is 156 Å². The molecule has 0 amide bonds. The summed E-state index contributed by atoms with van der Waals surface area (Å²) in [5.41, 5.74) is 1.40. The molecular weight excluding hydrogens is 346 g/mol. The van der Waals surface area contributed by atoms with E-state index in [0.29, 0.717) is 5.88 Å². The first-order valence-electron chi connectivity index (χ1n) is 9.21. The van der Waals surface area contributed by atoms with E-state index < -0.39 is 0 Å². The summed E-state index contributed by atoms with van der Waals surface area (Å²) in [5.74, 6) is 2.37. The Morgan fingerprint density at radius 3 is 2.77 bits per heavy atom. The van der Waals surface area contributed by atoms with Crippen molar-refractivity contribution >= 4 is 21.6 Å². The van der Waals surface area contributed by atoms with Crippen molar-refractivity contribution in [3.8, 4) is 11.6 Å². The maximum Gasteiger partial charge on any atom is 0.231 e. The van der Waals surface area contributed by atoms with Gasteiger partial charge in [-0.1, -0.05) is 18.2 Å². The van der Waals surface area contributed by atoms with E-state index in [4.69, 9.17) is 19.4 Å². The summed E-state index contributed by atoms with van der Waals surface area (Å²) >= 11 is 1.81. The van der Waals surface area contributed by atoms with E-state index in [2.05, 4.69) is 4.90 Å². The fourth-order valence-electron chi connectivity index (χ4n) is 3.71. The van der Waals surface area contributed by atoms with Gasteiger partial charge in [-0.3, -0.25) is 4.90 Å². The Morgan fingerprint density at radius 1 is 1.08 bits per heavy atom. The van der Waals surface area contributed by atoms with Crippen LogP contribution in [-0.4, -0.2) is 41.2 Å². The van der Waals surface area contributed by atoms with E-state index in [9.17, 15) is 0 Å². The van der Waals surface area contributed by atoms with E-state index in [0.717, 1.165) is 67.5 Å². The van der Waals surface area contributed by atoms with Crippen molar-refractivity contribution in [2.24, 2.45) is 0 Å². The zero-order valence-electron chi connectivity index (χ0n) is 14.6. The molecule has 134 valence electrons. The number of thiophene rings is 1. The molecular formula is C20H21N3O2S. The average molecular weight is 367 g/mol. The van der Waals surface area contributed by atoms with Crippen molar-refractivity contribution in [3.05, 3.63) is 46.6 Å². The van der Waals surface area contributed by atoms with Gasteiger partial charge in [0.05, 0.1) is 25.1 Å². The van der Waals surface area contributed by atoms with E-state index in [1.54, 1.807) is 0 Å². The van der Waals surface area contributed by atoms with Crippen LogP contribution in [0.4, 0.5) is 0 Å². The molecule has 6 heteroatoms. The number of ether oxygens (including phenoxy) is 2. The summed E-state index contributed by atoms with van der Waals surface area (Å²) < 4.78 is 11.7. The van der Waals surface area contributed by atoms with Crippen LogP contribution < -0.4 is 4.74 Å². The summed E-state index contributed by atoms with van der Waals surface area (Å²) in [6.45, 7) is 4.16. The molecule has 0 radical (unpaired) electrons. The molecule has 1 aromatic carbocycles. The fourth-order valence-corrected chi connectivity index (χ4v) is 4.98. The predicted octanol–water partition coefficient (Wildman–Crippen LogP) is 3.80. The Balaban J connectivity index is 1.55. The molecule has 1 saturated heterocycles. The number of aromatic nitrogens is 2.